The molecule has 0 aliphatic rings. The van der Waals surface area contributed by atoms with Gasteiger partial charge in [-0.05, 0) is 111 Å². The van der Waals surface area contributed by atoms with E-state index in [1.54, 1.807) is 36.4 Å². The van der Waals surface area contributed by atoms with E-state index in [1.807, 2.05) is 18.2 Å². The number of carbonyl (C=O) groups is 1. The zero-order chi connectivity index (χ0) is 27.4. The Kier molecular flexibility index (Phi) is 10.1. The minimum absolute atomic E-state index is 0.0434. The maximum atomic E-state index is 12.0. The third-order valence-corrected chi connectivity index (χ3v) is 8.30. The molecule has 0 saturated carbocycles. The SMILES string of the molecule is COc1ccc(Cl)cc1-c1nc(S/C(=C\c2cc(I)c(OCc3ccc(Cl)cc3Cl)c(I)c2)C(=O)O)n[nH]1. The number of thioether (sulfide) groups is 1. The second-order valence-electron chi connectivity index (χ2n) is 7.57. The second-order valence-corrected chi connectivity index (χ2v) is 12.2. The number of halogens is 5. The summed E-state index contributed by atoms with van der Waals surface area (Å²) in [6, 6.07) is 14.0. The highest BCUT2D eigenvalue weighted by Crippen LogP contribution is 2.35. The van der Waals surface area contributed by atoms with Gasteiger partial charge < -0.3 is 14.6 Å². The van der Waals surface area contributed by atoms with Gasteiger partial charge in [0.2, 0.25) is 5.16 Å². The monoisotopic (exact) mass is 813 g/mol. The molecule has 13 heteroatoms. The molecule has 0 bridgehead atoms. The smallest absolute Gasteiger partial charge is 0.342 e. The Morgan fingerprint density at radius 1 is 1.08 bits per heavy atom. The molecule has 0 amide bonds. The normalized spacial score (nSPS) is 11.5. The number of ether oxygens (including phenoxy) is 2. The number of nitrogens with one attached hydrogen (secondary N) is 1. The molecule has 4 aromatic rings. The van der Waals surface area contributed by atoms with E-state index in [0.29, 0.717) is 43.5 Å². The summed E-state index contributed by atoms with van der Waals surface area (Å²) in [5.74, 6) is 0.529. The number of hydrogen-bond donors (Lipinski definition) is 2. The molecule has 7 nitrogen and oxygen atoms in total. The highest BCUT2D eigenvalue weighted by Gasteiger charge is 2.18. The molecule has 0 unspecified atom stereocenters. The Morgan fingerprint density at radius 2 is 1.76 bits per heavy atom. The van der Waals surface area contributed by atoms with Crippen LogP contribution in [-0.4, -0.2) is 33.4 Å². The van der Waals surface area contributed by atoms with Crippen molar-refractivity contribution in [2.24, 2.45) is 0 Å². The summed E-state index contributed by atoms with van der Waals surface area (Å²) in [7, 11) is 1.54. The van der Waals surface area contributed by atoms with Gasteiger partial charge in [0, 0.05) is 20.6 Å². The molecular weight excluding hydrogens is 799 g/mol. The van der Waals surface area contributed by atoms with Crippen molar-refractivity contribution in [2.45, 2.75) is 11.8 Å². The van der Waals surface area contributed by atoms with E-state index >= 15 is 0 Å². The van der Waals surface area contributed by atoms with Crippen LogP contribution < -0.4 is 9.47 Å². The fourth-order valence-corrected chi connectivity index (χ4v) is 6.72. The van der Waals surface area contributed by atoms with Crippen molar-refractivity contribution in [1.82, 2.24) is 15.2 Å². The first-order chi connectivity index (χ1) is 18.1. The van der Waals surface area contributed by atoms with Gasteiger partial charge in [0.05, 0.1) is 19.8 Å². The lowest BCUT2D eigenvalue weighted by atomic mass is 10.2. The molecule has 3 aromatic carbocycles. The Bertz CT molecular complexity index is 1530. The fraction of sp³-hybridized carbons (Fsp3) is 0.0800. The highest BCUT2D eigenvalue weighted by atomic mass is 127. The molecule has 0 aliphatic carbocycles. The van der Waals surface area contributed by atoms with Crippen LogP contribution in [0.3, 0.4) is 0 Å². The molecule has 1 aromatic heterocycles. The average Bonchev–Trinajstić information content (AvgIpc) is 3.32. The molecule has 2 N–H and O–H groups in total. The standard InChI is InChI=1S/C25H16Cl3I2N3O4S/c1-36-20-5-4-14(26)9-16(20)23-31-25(33-32-23)38-21(24(34)35)8-12-6-18(29)22(19(30)7-12)37-11-13-2-3-15(27)10-17(13)28/h2-10H,11H2,1H3,(H,34,35)(H,31,32,33)/b21-8-. The van der Waals surface area contributed by atoms with Crippen molar-refractivity contribution in [1.29, 1.82) is 0 Å². The third-order valence-electron chi connectivity index (χ3n) is 5.00. The van der Waals surface area contributed by atoms with E-state index in [9.17, 15) is 9.90 Å². The van der Waals surface area contributed by atoms with Crippen LogP contribution in [0, 0.1) is 7.14 Å². The first-order valence-electron chi connectivity index (χ1n) is 10.6. The summed E-state index contributed by atoms with van der Waals surface area (Å²) < 4.78 is 13.0. The van der Waals surface area contributed by atoms with Gasteiger partial charge in [-0.2, -0.15) is 0 Å². The van der Waals surface area contributed by atoms with Gasteiger partial charge in [-0.1, -0.05) is 40.9 Å². The number of carboxylic acid groups (broad SMARTS) is 1. The topological polar surface area (TPSA) is 97.3 Å². The van der Waals surface area contributed by atoms with E-state index in [4.69, 9.17) is 44.3 Å². The average molecular weight is 815 g/mol. The lowest BCUT2D eigenvalue weighted by Crippen LogP contribution is -2.01. The molecule has 38 heavy (non-hydrogen) atoms. The van der Waals surface area contributed by atoms with E-state index in [2.05, 4.69) is 60.4 Å². The fourth-order valence-electron chi connectivity index (χ4n) is 3.25. The van der Waals surface area contributed by atoms with Gasteiger partial charge >= 0.3 is 5.97 Å². The lowest BCUT2D eigenvalue weighted by molar-refractivity contribution is -0.131. The van der Waals surface area contributed by atoms with Gasteiger partial charge in [0.1, 0.15) is 23.0 Å². The Balaban J connectivity index is 1.55. The minimum atomic E-state index is -1.11. The van der Waals surface area contributed by atoms with Crippen LogP contribution >= 0.6 is 91.7 Å². The minimum Gasteiger partial charge on any atom is -0.496 e. The summed E-state index contributed by atoms with van der Waals surface area (Å²) in [4.78, 5) is 16.5. The van der Waals surface area contributed by atoms with E-state index < -0.39 is 5.97 Å². The second kappa shape index (κ2) is 13.1. The Morgan fingerprint density at radius 3 is 2.42 bits per heavy atom. The van der Waals surface area contributed by atoms with Crippen LogP contribution in [-0.2, 0) is 11.4 Å². The molecule has 4 rings (SSSR count). The number of carboxylic acids is 1. The number of hydrogen-bond acceptors (Lipinski definition) is 6. The van der Waals surface area contributed by atoms with Crippen molar-refractivity contribution in [3.05, 3.63) is 86.8 Å². The first-order valence-corrected chi connectivity index (χ1v) is 14.7. The Labute approximate surface area is 264 Å². The molecule has 0 saturated heterocycles. The molecule has 1 heterocycles. The Hall–Kier alpha value is -1.71. The summed E-state index contributed by atoms with van der Waals surface area (Å²) in [6.07, 6.45) is 1.56. The molecular formula is C25H16Cl3I2N3O4S. The van der Waals surface area contributed by atoms with Crippen LogP contribution in [0.4, 0.5) is 0 Å². The quantitative estimate of drug-likeness (QED) is 0.0995. The van der Waals surface area contributed by atoms with Crippen LogP contribution in [0.5, 0.6) is 11.5 Å². The van der Waals surface area contributed by atoms with E-state index in [-0.39, 0.29) is 16.7 Å². The van der Waals surface area contributed by atoms with Gasteiger partial charge in [0.15, 0.2) is 5.82 Å². The van der Waals surface area contributed by atoms with Gasteiger partial charge in [-0.15, -0.1) is 5.10 Å². The van der Waals surface area contributed by atoms with Crippen molar-refractivity contribution in [3.8, 4) is 22.9 Å². The lowest BCUT2D eigenvalue weighted by Gasteiger charge is -2.13. The zero-order valence-electron chi connectivity index (χ0n) is 19.3. The van der Waals surface area contributed by atoms with Gasteiger partial charge in [-0.3, -0.25) is 5.10 Å². The van der Waals surface area contributed by atoms with E-state index in [1.165, 1.54) is 7.11 Å². The van der Waals surface area contributed by atoms with Crippen molar-refractivity contribution < 1.29 is 19.4 Å². The molecule has 0 aliphatic heterocycles. The maximum absolute atomic E-state index is 12.0. The summed E-state index contributed by atoms with van der Waals surface area (Å²) >= 11 is 23.6. The number of H-pyrrole nitrogens is 1. The molecule has 0 fully saturated rings. The molecule has 0 radical (unpaired) electrons. The predicted octanol–water partition coefficient (Wildman–Crippen LogP) is 8.45. The maximum Gasteiger partial charge on any atom is 0.342 e. The number of methoxy groups -OCH3 is 1. The number of aromatic amines is 1. The number of aliphatic carboxylic acids is 1. The van der Waals surface area contributed by atoms with Gasteiger partial charge in [0.25, 0.3) is 0 Å². The van der Waals surface area contributed by atoms with Crippen molar-refractivity contribution >= 4 is 104 Å². The summed E-state index contributed by atoms with van der Waals surface area (Å²) in [6.45, 7) is 0.262. The van der Waals surface area contributed by atoms with Crippen LogP contribution in [0.1, 0.15) is 11.1 Å². The third kappa shape index (κ3) is 7.27. The van der Waals surface area contributed by atoms with E-state index in [0.717, 1.165) is 24.5 Å². The predicted molar refractivity (Wildman–Crippen MR) is 168 cm³/mol. The summed E-state index contributed by atoms with van der Waals surface area (Å²) in [5.41, 5.74) is 2.10. The first kappa shape index (κ1) is 29.3. The molecule has 196 valence electrons. The van der Waals surface area contributed by atoms with Crippen molar-refractivity contribution in [2.75, 3.05) is 7.11 Å². The largest absolute Gasteiger partial charge is 0.496 e. The van der Waals surface area contributed by atoms with Crippen molar-refractivity contribution in [3.63, 3.8) is 0 Å². The van der Waals surface area contributed by atoms with Crippen LogP contribution in [0.25, 0.3) is 17.5 Å². The number of benzene rings is 3. The number of rotatable bonds is 9. The molecule has 0 atom stereocenters. The molecule has 0 spiro atoms. The zero-order valence-corrected chi connectivity index (χ0v) is 26.7. The number of aromatic nitrogens is 3. The highest BCUT2D eigenvalue weighted by molar-refractivity contribution is 14.1. The van der Waals surface area contributed by atoms with Gasteiger partial charge in [-0.25, -0.2) is 9.78 Å². The van der Waals surface area contributed by atoms with Crippen LogP contribution in [0.2, 0.25) is 15.1 Å². The summed E-state index contributed by atoms with van der Waals surface area (Å²) in [5, 5.41) is 18.6. The van der Waals surface area contributed by atoms with Crippen LogP contribution in [0.15, 0.2) is 58.6 Å². The number of nitrogens with zero attached hydrogens (tertiary/aromatic N) is 2.